The molecule has 0 aliphatic rings. The Morgan fingerprint density at radius 1 is 1.12 bits per heavy atom. The van der Waals surface area contributed by atoms with E-state index in [1.165, 1.54) is 21.6 Å². The van der Waals surface area contributed by atoms with E-state index in [1.54, 1.807) is 0 Å². The lowest BCUT2D eigenvalue weighted by Crippen LogP contribution is -2.12. The number of rotatable bonds is 4. The van der Waals surface area contributed by atoms with Gasteiger partial charge in [0.05, 0.1) is 0 Å². The molecule has 84 valence electrons. The third kappa shape index (κ3) is 2.94. The fourth-order valence-corrected chi connectivity index (χ4v) is 2.60. The SMILES string of the molecule is Cc1cccc(CNCc2sccc2C)c1. The number of hydrogen-bond donors (Lipinski definition) is 1. The van der Waals surface area contributed by atoms with Crippen molar-refractivity contribution in [2.75, 3.05) is 0 Å². The fourth-order valence-electron chi connectivity index (χ4n) is 1.73. The highest BCUT2D eigenvalue weighted by atomic mass is 32.1. The smallest absolute Gasteiger partial charge is 0.0305 e. The van der Waals surface area contributed by atoms with E-state index in [0.29, 0.717) is 0 Å². The van der Waals surface area contributed by atoms with Gasteiger partial charge in [-0.3, -0.25) is 0 Å². The average Bonchev–Trinajstić information content (AvgIpc) is 2.65. The van der Waals surface area contributed by atoms with E-state index in [0.717, 1.165) is 13.1 Å². The van der Waals surface area contributed by atoms with E-state index in [2.05, 4.69) is 54.9 Å². The van der Waals surface area contributed by atoms with Gasteiger partial charge in [0.15, 0.2) is 0 Å². The van der Waals surface area contributed by atoms with Crippen molar-refractivity contribution in [3.63, 3.8) is 0 Å². The molecule has 2 rings (SSSR count). The number of benzene rings is 1. The summed E-state index contributed by atoms with van der Waals surface area (Å²) < 4.78 is 0. The Labute approximate surface area is 101 Å². The molecule has 1 heterocycles. The second-order valence-corrected chi connectivity index (χ2v) is 5.12. The summed E-state index contributed by atoms with van der Waals surface area (Å²) in [6.07, 6.45) is 0. The zero-order valence-electron chi connectivity index (χ0n) is 9.79. The average molecular weight is 231 g/mol. The molecular weight excluding hydrogens is 214 g/mol. The van der Waals surface area contributed by atoms with Gasteiger partial charge in [-0.05, 0) is 36.4 Å². The van der Waals surface area contributed by atoms with Crippen LogP contribution in [0.15, 0.2) is 35.7 Å². The highest BCUT2D eigenvalue weighted by Crippen LogP contribution is 2.15. The molecule has 1 nitrogen and oxygen atoms in total. The molecule has 0 atom stereocenters. The van der Waals surface area contributed by atoms with Gasteiger partial charge in [0.25, 0.3) is 0 Å². The summed E-state index contributed by atoms with van der Waals surface area (Å²) in [5.74, 6) is 0. The monoisotopic (exact) mass is 231 g/mol. The standard InChI is InChI=1S/C14H17NS/c1-11-4-3-5-13(8-11)9-15-10-14-12(2)6-7-16-14/h3-8,15H,9-10H2,1-2H3. The molecule has 16 heavy (non-hydrogen) atoms. The lowest BCUT2D eigenvalue weighted by molar-refractivity contribution is 0.698. The molecule has 1 N–H and O–H groups in total. The van der Waals surface area contributed by atoms with Gasteiger partial charge in [-0.15, -0.1) is 11.3 Å². The first-order valence-corrected chi connectivity index (χ1v) is 6.43. The van der Waals surface area contributed by atoms with Gasteiger partial charge in [-0.2, -0.15) is 0 Å². The van der Waals surface area contributed by atoms with E-state index >= 15 is 0 Å². The van der Waals surface area contributed by atoms with Crippen LogP contribution in [0.1, 0.15) is 21.6 Å². The normalized spacial score (nSPS) is 10.6. The maximum absolute atomic E-state index is 3.48. The van der Waals surface area contributed by atoms with Gasteiger partial charge in [0.1, 0.15) is 0 Å². The van der Waals surface area contributed by atoms with Crippen molar-refractivity contribution >= 4 is 11.3 Å². The Morgan fingerprint density at radius 2 is 2.00 bits per heavy atom. The summed E-state index contributed by atoms with van der Waals surface area (Å²) in [5, 5.41) is 5.63. The first-order chi connectivity index (χ1) is 7.75. The Balaban J connectivity index is 1.87. The summed E-state index contributed by atoms with van der Waals surface area (Å²) in [6, 6.07) is 10.8. The lowest BCUT2D eigenvalue weighted by atomic mass is 10.1. The van der Waals surface area contributed by atoms with Crippen LogP contribution in [0.25, 0.3) is 0 Å². The number of thiophene rings is 1. The highest BCUT2D eigenvalue weighted by molar-refractivity contribution is 7.10. The molecule has 2 heteroatoms. The van der Waals surface area contributed by atoms with Crippen molar-refractivity contribution in [2.24, 2.45) is 0 Å². The van der Waals surface area contributed by atoms with Crippen LogP contribution >= 0.6 is 11.3 Å². The summed E-state index contributed by atoms with van der Waals surface area (Å²) in [4.78, 5) is 1.44. The van der Waals surface area contributed by atoms with Crippen LogP contribution < -0.4 is 5.32 Å². The van der Waals surface area contributed by atoms with Crippen LogP contribution in [-0.4, -0.2) is 0 Å². The quantitative estimate of drug-likeness (QED) is 0.847. The molecule has 0 radical (unpaired) electrons. The van der Waals surface area contributed by atoms with E-state index in [1.807, 2.05) is 11.3 Å². The van der Waals surface area contributed by atoms with Crippen molar-refractivity contribution in [3.8, 4) is 0 Å². The fraction of sp³-hybridized carbons (Fsp3) is 0.286. The summed E-state index contributed by atoms with van der Waals surface area (Å²) in [6.45, 7) is 6.21. The van der Waals surface area contributed by atoms with Crippen LogP contribution in [0.4, 0.5) is 0 Å². The summed E-state index contributed by atoms with van der Waals surface area (Å²) in [5.41, 5.74) is 4.07. The summed E-state index contributed by atoms with van der Waals surface area (Å²) >= 11 is 1.83. The number of aryl methyl sites for hydroxylation is 2. The zero-order valence-corrected chi connectivity index (χ0v) is 10.6. The van der Waals surface area contributed by atoms with Gasteiger partial charge in [-0.25, -0.2) is 0 Å². The molecule has 0 spiro atoms. The topological polar surface area (TPSA) is 12.0 Å². The lowest BCUT2D eigenvalue weighted by Gasteiger charge is -2.05. The molecule has 0 aliphatic heterocycles. The molecule has 0 saturated heterocycles. The van der Waals surface area contributed by atoms with Crippen molar-refractivity contribution in [2.45, 2.75) is 26.9 Å². The molecule has 0 amide bonds. The molecule has 2 aromatic rings. The van der Waals surface area contributed by atoms with E-state index in [-0.39, 0.29) is 0 Å². The Kier molecular flexibility index (Phi) is 3.75. The van der Waals surface area contributed by atoms with Gasteiger partial charge < -0.3 is 5.32 Å². The maximum atomic E-state index is 3.48. The largest absolute Gasteiger partial charge is 0.308 e. The highest BCUT2D eigenvalue weighted by Gasteiger charge is 1.99. The van der Waals surface area contributed by atoms with Crippen molar-refractivity contribution in [1.29, 1.82) is 0 Å². The molecule has 0 fully saturated rings. The number of nitrogens with one attached hydrogen (secondary N) is 1. The predicted molar refractivity (Wildman–Crippen MR) is 70.8 cm³/mol. The van der Waals surface area contributed by atoms with Crippen molar-refractivity contribution < 1.29 is 0 Å². The zero-order chi connectivity index (χ0) is 11.4. The van der Waals surface area contributed by atoms with Crippen LogP contribution in [0.5, 0.6) is 0 Å². The summed E-state index contributed by atoms with van der Waals surface area (Å²) in [7, 11) is 0. The van der Waals surface area contributed by atoms with E-state index in [9.17, 15) is 0 Å². The Hall–Kier alpha value is -1.12. The van der Waals surface area contributed by atoms with Gasteiger partial charge in [-0.1, -0.05) is 29.8 Å². The van der Waals surface area contributed by atoms with E-state index < -0.39 is 0 Å². The Morgan fingerprint density at radius 3 is 2.69 bits per heavy atom. The predicted octanol–water partition coefficient (Wildman–Crippen LogP) is 3.65. The van der Waals surface area contributed by atoms with Crippen molar-refractivity contribution in [1.82, 2.24) is 5.32 Å². The van der Waals surface area contributed by atoms with Crippen molar-refractivity contribution in [3.05, 3.63) is 57.3 Å². The van der Waals surface area contributed by atoms with Gasteiger partial charge in [0, 0.05) is 18.0 Å². The molecule has 0 saturated carbocycles. The first-order valence-electron chi connectivity index (χ1n) is 5.55. The minimum atomic E-state index is 0.943. The van der Waals surface area contributed by atoms with E-state index in [4.69, 9.17) is 0 Å². The minimum absolute atomic E-state index is 0.943. The molecular formula is C14H17NS. The molecule has 0 unspecified atom stereocenters. The minimum Gasteiger partial charge on any atom is -0.308 e. The molecule has 1 aromatic heterocycles. The third-order valence-electron chi connectivity index (χ3n) is 2.67. The second kappa shape index (κ2) is 5.28. The molecule has 1 aromatic carbocycles. The van der Waals surface area contributed by atoms with Crippen LogP contribution in [0, 0.1) is 13.8 Å². The first kappa shape index (κ1) is 11.4. The van der Waals surface area contributed by atoms with Gasteiger partial charge >= 0.3 is 0 Å². The number of hydrogen-bond acceptors (Lipinski definition) is 2. The van der Waals surface area contributed by atoms with Crippen LogP contribution in [-0.2, 0) is 13.1 Å². The van der Waals surface area contributed by atoms with Crippen LogP contribution in [0.2, 0.25) is 0 Å². The molecule has 0 aliphatic carbocycles. The third-order valence-corrected chi connectivity index (χ3v) is 3.69. The maximum Gasteiger partial charge on any atom is 0.0305 e. The van der Waals surface area contributed by atoms with Gasteiger partial charge in [0.2, 0.25) is 0 Å². The Bertz CT molecular complexity index is 459. The second-order valence-electron chi connectivity index (χ2n) is 4.12. The molecule has 0 bridgehead atoms. The van der Waals surface area contributed by atoms with Crippen LogP contribution in [0.3, 0.4) is 0 Å².